The summed E-state index contributed by atoms with van der Waals surface area (Å²) in [6, 6.07) is 5.93. The van der Waals surface area contributed by atoms with Crippen LogP contribution in [0.25, 0.3) is 10.2 Å². The fourth-order valence-corrected chi connectivity index (χ4v) is 2.15. The van der Waals surface area contributed by atoms with Crippen LogP contribution in [0.3, 0.4) is 0 Å². The van der Waals surface area contributed by atoms with Crippen LogP contribution in [0.2, 0.25) is 0 Å². The number of alkyl halides is 1. The number of hydrogen-bond donors (Lipinski definition) is 0. The van der Waals surface area contributed by atoms with Crippen LogP contribution >= 0.6 is 22.9 Å². The van der Waals surface area contributed by atoms with E-state index < -0.39 is 0 Å². The Balaban J connectivity index is 2.31. The van der Waals surface area contributed by atoms with Crippen LogP contribution in [0.1, 0.15) is 5.01 Å². The largest absolute Gasteiger partial charge is 0.492 e. The zero-order valence-corrected chi connectivity index (χ0v) is 9.36. The minimum atomic E-state index is 0.508. The molecule has 2 rings (SSSR count). The summed E-state index contributed by atoms with van der Waals surface area (Å²) in [5.41, 5.74) is 1.000. The van der Waals surface area contributed by atoms with Crippen molar-refractivity contribution in [2.45, 2.75) is 6.92 Å². The summed E-state index contributed by atoms with van der Waals surface area (Å²) in [7, 11) is 0. The van der Waals surface area contributed by atoms with E-state index >= 15 is 0 Å². The predicted octanol–water partition coefficient (Wildman–Crippen LogP) is 3.22. The molecule has 0 saturated carbocycles. The minimum absolute atomic E-state index is 0.508. The van der Waals surface area contributed by atoms with Gasteiger partial charge < -0.3 is 4.74 Å². The first kappa shape index (κ1) is 9.74. The quantitative estimate of drug-likeness (QED) is 0.752. The fourth-order valence-electron chi connectivity index (χ4n) is 1.27. The Kier molecular flexibility index (Phi) is 2.89. The van der Waals surface area contributed by atoms with Gasteiger partial charge in [-0.15, -0.1) is 22.9 Å². The SMILES string of the molecule is Cc1nc2cc(OCCCl)ccc2s1. The molecule has 14 heavy (non-hydrogen) atoms. The van der Waals surface area contributed by atoms with Crippen LogP contribution in [0, 0.1) is 6.92 Å². The van der Waals surface area contributed by atoms with Crippen molar-refractivity contribution in [3.63, 3.8) is 0 Å². The van der Waals surface area contributed by atoms with Crippen molar-refractivity contribution in [1.29, 1.82) is 0 Å². The summed E-state index contributed by atoms with van der Waals surface area (Å²) in [6.45, 7) is 2.54. The van der Waals surface area contributed by atoms with Gasteiger partial charge in [0.1, 0.15) is 12.4 Å². The number of nitrogens with zero attached hydrogens (tertiary/aromatic N) is 1. The number of benzene rings is 1. The van der Waals surface area contributed by atoms with Crippen molar-refractivity contribution >= 4 is 33.2 Å². The highest BCUT2D eigenvalue weighted by molar-refractivity contribution is 7.18. The summed E-state index contributed by atoms with van der Waals surface area (Å²) in [5.74, 6) is 1.34. The second-order valence-corrected chi connectivity index (χ2v) is 4.51. The van der Waals surface area contributed by atoms with Gasteiger partial charge in [-0.2, -0.15) is 0 Å². The van der Waals surface area contributed by atoms with Gasteiger partial charge in [-0.1, -0.05) is 0 Å². The first-order chi connectivity index (χ1) is 6.79. The Labute approximate surface area is 91.5 Å². The van der Waals surface area contributed by atoms with Crippen LogP contribution in [0.15, 0.2) is 18.2 Å². The molecular weight excluding hydrogens is 218 g/mol. The first-order valence-electron chi connectivity index (χ1n) is 4.35. The molecule has 1 heterocycles. The zero-order chi connectivity index (χ0) is 9.97. The second-order valence-electron chi connectivity index (χ2n) is 2.90. The van der Waals surface area contributed by atoms with Crippen molar-refractivity contribution in [2.75, 3.05) is 12.5 Å². The van der Waals surface area contributed by atoms with Crippen LogP contribution in [-0.4, -0.2) is 17.5 Å². The van der Waals surface area contributed by atoms with Crippen LogP contribution in [0.5, 0.6) is 5.75 Å². The molecule has 0 N–H and O–H groups in total. The van der Waals surface area contributed by atoms with E-state index in [0.29, 0.717) is 12.5 Å². The average Bonchev–Trinajstić information content (AvgIpc) is 2.54. The molecule has 0 saturated heterocycles. The van der Waals surface area contributed by atoms with Gasteiger partial charge in [-0.3, -0.25) is 0 Å². The molecule has 0 amide bonds. The van der Waals surface area contributed by atoms with E-state index in [4.69, 9.17) is 16.3 Å². The molecule has 2 nitrogen and oxygen atoms in total. The molecular formula is C10H10ClNOS. The van der Waals surface area contributed by atoms with E-state index in [1.54, 1.807) is 11.3 Å². The molecule has 0 atom stereocenters. The molecule has 0 radical (unpaired) electrons. The van der Waals surface area contributed by atoms with E-state index in [-0.39, 0.29) is 0 Å². The fraction of sp³-hybridized carbons (Fsp3) is 0.300. The van der Waals surface area contributed by atoms with Crippen molar-refractivity contribution in [3.8, 4) is 5.75 Å². The lowest BCUT2D eigenvalue weighted by molar-refractivity contribution is 0.343. The van der Waals surface area contributed by atoms with Crippen molar-refractivity contribution in [1.82, 2.24) is 4.98 Å². The first-order valence-corrected chi connectivity index (χ1v) is 5.70. The predicted molar refractivity (Wildman–Crippen MR) is 60.6 cm³/mol. The highest BCUT2D eigenvalue weighted by Gasteiger charge is 2.01. The molecule has 2 aromatic rings. The zero-order valence-electron chi connectivity index (χ0n) is 7.79. The number of aryl methyl sites for hydroxylation is 1. The van der Waals surface area contributed by atoms with Gasteiger partial charge in [0.25, 0.3) is 0 Å². The Morgan fingerprint density at radius 2 is 2.36 bits per heavy atom. The molecule has 1 aromatic carbocycles. The molecule has 74 valence electrons. The summed E-state index contributed by atoms with van der Waals surface area (Å²) in [4.78, 5) is 4.39. The maximum absolute atomic E-state index is 5.54. The number of hydrogen-bond acceptors (Lipinski definition) is 3. The number of aromatic nitrogens is 1. The van der Waals surface area contributed by atoms with E-state index in [1.165, 1.54) is 4.70 Å². The standard InChI is InChI=1S/C10H10ClNOS/c1-7-12-9-6-8(13-5-4-11)2-3-10(9)14-7/h2-3,6H,4-5H2,1H3. The third kappa shape index (κ3) is 1.99. The summed E-state index contributed by atoms with van der Waals surface area (Å²) >= 11 is 7.23. The van der Waals surface area contributed by atoms with Crippen LogP contribution < -0.4 is 4.74 Å². The van der Waals surface area contributed by atoms with Gasteiger partial charge in [-0.25, -0.2) is 4.98 Å². The highest BCUT2D eigenvalue weighted by atomic mass is 35.5. The van der Waals surface area contributed by atoms with Crippen LogP contribution in [-0.2, 0) is 0 Å². The van der Waals surface area contributed by atoms with Crippen molar-refractivity contribution in [2.24, 2.45) is 0 Å². The molecule has 0 spiro atoms. The van der Waals surface area contributed by atoms with E-state index in [9.17, 15) is 0 Å². The number of thiazole rings is 1. The van der Waals surface area contributed by atoms with Gasteiger partial charge in [0.05, 0.1) is 21.1 Å². The van der Waals surface area contributed by atoms with Gasteiger partial charge >= 0.3 is 0 Å². The highest BCUT2D eigenvalue weighted by Crippen LogP contribution is 2.25. The number of halogens is 1. The van der Waals surface area contributed by atoms with Crippen LogP contribution in [0.4, 0.5) is 0 Å². The lowest BCUT2D eigenvalue weighted by Crippen LogP contribution is -1.97. The Hall–Kier alpha value is -0.800. The second kappa shape index (κ2) is 4.15. The molecule has 0 aliphatic heterocycles. The Bertz CT molecular complexity index is 441. The average molecular weight is 228 g/mol. The lowest BCUT2D eigenvalue weighted by atomic mass is 10.3. The number of ether oxygens (including phenoxy) is 1. The summed E-state index contributed by atoms with van der Waals surface area (Å²) in [5, 5.41) is 1.08. The lowest BCUT2D eigenvalue weighted by Gasteiger charge is -2.02. The van der Waals surface area contributed by atoms with Crippen molar-refractivity contribution in [3.05, 3.63) is 23.2 Å². The molecule has 4 heteroatoms. The maximum atomic E-state index is 5.54. The summed E-state index contributed by atoms with van der Waals surface area (Å²) in [6.07, 6.45) is 0. The number of fused-ring (bicyclic) bond motifs is 1. The topological polar surface area (TPSA) is 22.1 Å². The number of rotatable bonds is 3. The Morgan fingerprint density at radius 3 is 3.14 bits per heavy atom. The molecule has 0 aliphatic carbocycles. The minimum Gasteiger partial charge on any atom is -0.492 e. The maximum Gasteiger partial charge on any atom is 0.121 e. The third-order valence-electron chi connectivity index (χ3n) is 1.81. The summed E-state index contributed by atoms with van der Waals surface area (Å²) < 4.78 is 6.60. The smallest absolute Gasteiger partial charge is 0.121 e. The Morgan fingerprint density at radius 1 is 1.50 bits per heavy atom. The monoisotopic (exact) mass is 227 g/mol. The van der Waals surface area contributed by atoms with Gasteiger partial charge in [-0.05, 0) is 19.1 Å². The van der Waals surface area contributed by atoms with E-state index in [2.05, 4.69) is 4.98 Å². The molecule has 0 aliphatic rings. The third-order valence-corrected chi connectivity index (χ3v) is 2.92. The van der Waals surface area contributed by atoms with E-state index in [0.717, 1.165) is 16.3 Å². The van der Waals surface area contributed by atoms with E-state index in [1.807, 2.05) is 25.1 Å². The van der Waals surface area contributed by atoms with Gasteiger partial charge in [0.2, 0.25) is 0 Å². The molecule has 1 aromatic heterocycles. The normalized spacial score (nSPS) is 10.7. The molecule has 0 unspecified atom stereocenters. The van der Waals surface area contributed by atoms with Gasteiger partial charge in [0.15, 0.2) is 0 Å². The molecule has 0 fully saturated rings. The van der Waals surface area contributed by atoms with Crippen molar-refractivity contribution < 1.29 is 4.74 Å². The molecule has 0 bridgehead atoms. The van der Waals surface area contributed by atoms with Gasteiger partial charge in [0, 0.05) is 6.07 Å².